The molecule has 4 atom stereocenters. The topological polar surface area (TPSA) is 37.3 Å². The molecule has 27 heavy (non-hydrogen) atoms. The van der Waals surface area contributed by atoms with Crippen LogP contribution in [0.4, 0.5) is 4.39 Å². The monoisotopic (exact) mass is 390 g/mol. The highest BCUT2D eigenvalue weighted by atomic mass is 35.5. The smallest absolute Gasteiger partial charge is 0.303 e. The highest BCUT2D eigenvalue weighted by molar-refractivity contribution is 6.30. The van der Waals surface area contributed by atoms with E-state index in [1.165, 1.54) is 18.9 Å². The highest BCUT2D eigenvalue weighted by Crippen LogP contribution is 2.47. The molecular formula is C23H28ClFO2. The Labute approximate surface area is 166 Å². The summed E-state index contributed by atoms with van der Waals surface area (Å²) in [5.41, 5.74) is 0.747. The van der Waals surface area contributed by atoms with Gasteiger partial charge in [-0.2, -0.15) is 0 Å². The lowest BCUT2D eigenvalue weighted by atomic mass is 9.61. The molecule has 146 valence electrons. The van der Waals surface area contributed by atoms with E-state index in [9.17, 15) is 9.18 Å². The van der Waals surface area contributed by atoms with Gasteiger partial charge in [-0.05, 0) is 86.3 Å². The van der Waals surface area contributed by atoms with E-state index < -0.39 is 5.97 Å². The summed E-state index contributed by atoms with van der Waals surface area (Å²) in [5, 5.41) is 9.19. The Morgan fingerprint density at radius 1 is 1.22 bits per heavy atom. The number of carbonyl (C=O) groups is 1. The SMILES string of the molecule is O=C(O)CCC/C=C\[C@@H]1[C@@H](CCCc2ccc(Cl)cc2F)[C@H]2C=C[C@@H]1CC2. The summed E-state index contributed by atoms with van der Waals surface area (Å²) < 4.78 is 14.0. The molecule has 1 aromatic rings. The molecule has 1 aromatic carbocycles. The number of carboxylic acid groups (broad SMARTS) is 1. The number of hydrogen-bond acceptors (Lipinski definition) is 1. The maximum atomic E-state index is 14.0. The number of benzene rings is 1. The minimum Gasteiger partial charge on any atom is -0.481 e. The molecule has 1 N–H and O–H groups in total. The van der Waals surface area contributed by atoms with E-state index in [4.69, 9.17) is 16.7 Å². The molecule has 0 heterocycles. The molecule has 0 saturated heterocycles. The van der Waals surface area contributed by atoms with E-state index in [1.807, 2.05) is 0 Å². The number of hydrogen-bond donors (Lipinski definition) is 1. The van der Waals surface area contributed by atoms with Crippen LogP contribution in [0.15, 0.2) is 42.5 Å². The molecule has 0 aliphatic heterocycles. The van der Waals surface area contributed by atoms with Crippen LogP contribution in [0.2, 0.25) is 5.02 Å². The normalized spacial score (nSPS) is 26.7. The van der Waals surface area contributed by atoms with Crippen LogP contribution >= 0.6 is 11.6 Å². The van der Waals surface area contributed by atoms with Gasteiger partial charge in [-0.15, -0.1) is 0 Å². The fraction of sp³-hybridized carbons (Fsp3) is 0.522. The minimum absolute atomic E-state index is 0.206. The molecule has 0 aromatic heterocycles. The predicted molar refractivity (Wildman–Crippen MR) is 107 cm³/mol. The molecule has 3 aliphatic carbocycles. The van der Waals surface area contributed by atoms with E-state index in [0.29, 0.717) is 35.1 Å². The fourth-order valence-corrected chi connectivity index (χ4v) is 4.87. The second kappa shape index (κ2) is 9.54. The number of halogens is 2. The highest BCUT2D eigenvalue weighted by Gasteiger charge is 2.38. The van der Waals surface area contributed by atoms with E-state index in [1.54, 1.807) is 12.1 Å². The number of aryl methyl sites for hydroxylation is 1. The summed E-state index contributed by atoms with van der Waals surface area (Å²) in [5.74, 6) is 1.44. The number of rotatable bonds is 9. The van der Waals surface area contributed by atoms with Crippen LogP contribution in [0.1, 0.15) is 50.5 Å². The quantitative estimate of drug-likeness (QED) is 0.389. The molecular weight excluding hydrogens is 363 g/mol. The Kier molecular flexibility index (Phi) is 7.12. The van der Waals surface area contributed by atoms with Gasteiger partial charge in [0.1, 0.15) is 5.82 Å². The third-order valence-corrected chi connectivity index (χ3v) is 6.33. The van der Waals surface area contributed by atoms with Gasteiger partial charge < -0.3 is 5.11 Å². The molecule has 0 unspecified atom stereocenters. The fourth-order valence-electron chi connectivity index (χ4n) is 4.71. The molecule has 3 aliphatic rings. The van der Waals surface area contributed by atoms with Gasteiger partial charge >= 0.3 is 5.97 Å². The first-order valence-corrected chi connectivity index (χ1v) is 10.4. The van der Waals surface area contributed by atoms with Crippen molar-refractivity contribution in [2.75, 3.05) is 0 Å². The molecule has 1 saturated carbocycles. The predicted octanol–water partition coefficient (Wildman–Crippen LogP) is 6.44. The van der Waals surface area contributed by atoms with Crippen LogP contribution in [0.25, 0.3) is 0 Å². The van der Waals surface area contributed by atoms with Crippen molar-refractivity contribution in [3.63, 3.8) is 0 Å². The van der Waals surface area contributed by atoms with E-state index in [0.717, 1.165) is 31.2 Å². The van der Waals surface area contributed by atoms with Crippen molar-refractivity contribution in [3.8, 4) is 0 Å². The van der Waals surface area contributed by atoms with E-state index in [2.05, 4.69) is 24.3 Å². The first-order chi connectivity index (χ1) is 13.0. The van der Waals surface area contributed by atoms with Crippen molar-refractivity contribution in [1.29, 1.82) is 0 Å². The van der Waals surface area contributed by atoms with Crippen LogP contribution in [-0.4, -0.2) is 11.1 Å². The minimum atomic E-state index is -0.727. The van der Waals surface area contributed by atoms with E-state index >= 15 is 0 Å². The maximum absolute atomic E-state index is 14.0. The molecule has 0 radical (unpaired) electrons. The average molecular weight is 391 g/mol. The van der Waals surface area contributed by atoms with Gasteiger partial charge in [-0.25, -0.2) is 4.39 Å². The summed E-state index contributed by atoms with van der Waals surface area (Å²) in [6.45, 7) is 0. The number of fused-ring (bicyclic) bond motifs is 2. The van der Waals surface area contributed by atoms with Crippen LogP contribution < -0.4 is 0 Å². The summed E-state index contributed by atoms with van der Waals surface area (Å²) in [7, 11) is 0. The maximum Gasteiger partial charge on any atom is 0.303 e. The second-order valence-electron chi connectivity index (χ2n) is 7.87. The lowest BCUT2D eigenvalue weighted by Crippen LogP contribution is -2.35. The zero-order chi connectivity index (χ0) is 19.2. The van der Waals surface area contributed by atoms with Gasteiger partial charge in [0.05, 0.1) is 0 Å². The zero-order valence-corrected chi connectivity index (χ0v) is 16.4. The number of allylic oxidation sites excluding steroid dienone is 4. The standard InChI is InChI=1S/C23H28ClFO2/c24-19-14-13-18(22(25)15-19)5-4-7-21-17-11-9-16(10-12-17)20(21)6-2-1-3-8-23(26)27/h2,6,9,11,13-17,20-21H,1,3-5,7-8,10,12H2,(H,26,27)/b6-2-/t16-,17+,20+,21+/m1/s1. The summed E-state index contributed by atoms with van der Waals surface area (Å²) >= 11 is 5.84. The summed E-state index contributed by atoms with van der Waals surface area (Å²) in [6, 6.07) is 4.95. The Balaban J connectivity index is 1.55. The van der Waals surface area contributed by atoms with Crippen LogP contribution in [-0.2, 0) is 11.2 Å². The van der Waals surface area contributed by atoms with Crippen molar-refractivity contribution in [1.82, 2.24) is 0 Å². The van der Waals surface area contributed by atoms with Gasteiger partial charge in [-0.3, -0.25) is 4.79 Å². The van der Waals surface area contributed by atoms with Crippen molar-refractivity contribution in [2.45, 2.75) is 51.4 Å². The van der Waals surface area contributed by atoms with Crippen LogP contribution in [0.3, 0.4) is 0 Å². The van der Waals surface area contributed by atoms with Gasteiger partial charge in [-0.1, -0.05) is 42.0 Å². The van der Waals surface area contributed by atoms with Crippen LogP contribution in [0.5, 0.6) is 0 Å². The Bertz CT molecular complexity index is 712. The first-order valence-electron chi connectivity index (χ1n) is 10.1. The van der Waals surface area contributed by atoms with Gasteiger partial charge in [0.2, 0.25) is 0 Å². The number of aliphatic carboxylic acids is 1. The average Bonchev–Trinajstić information content (AvgIpc) is 2.64. The Morgan fingerprint density at radius 3 is 2.70 bits per heavy atom. The molecule has 2 nitrogen and oxygen atoms in total. The number of carboxylic acids is 1. The summed E-state index contributed by atoms with van der Waals surface area (Å²) in [6.07, 6.45) is 16.3. The van der Waals surface area contributed by atoms with Crippen molar-refractivity contribution < 1.29 is 14.3 Å². The molecule has 0 spiro atoms. The zero-order valence-electron chi connectivity index (χ0n) is 15.6. The van der Waals surface area contributed by atoms with Crippen LogP contribution in [0, 0.1) is 29.5 Å². The molecule has 0 amide bonds. The lowest BCUT2D eigenvalue weighted by molar-refractivity contribution is -0.137. The first kappa shape index (κ1) is 20.1. The van der Waals surface area contributed by atoms with Crippen molar-refractivity contribution in [2.24, 2.45) is 23.7 Å². The summed E-state index contributed by atoms with van der Waals surface area (Å²) in [4.78, 5) is 10.6. The Hall–Kier alpha value is -1.61. The molecule has 2 bridgehead atoms. The molecule has 4 rings (SSSR count). The van der Waals surface area contributed by atoms with E-state index in [-0.39, 0.29) is 12.2 Å². The Morgan fingerprint density at radius 2 is 2.00 bits per heavy atom. The van der Waals surface area contributed by atoms with Gasteiger partial charge in [0.25, 0.3) is 0 Å². The van der Waals surface area contributed by atoms with Crippen molar-refractivity contribution in [3.05, 3.63) is 58.9 Å². The molecule has 4 heteroatoms. The second-order valence-corrected chi connectivity index (χ2v) is 8.31. The van der Waals surface area contributed by atoms with Gasteiger partial charge in [0.15, 0.2) is 0 Å². The van der Waals surface area contributed by atoms with Gasteiger partial charge in [0, 0.05) is 11.4 Å². The number of unbranched alkanes of at least 4 members (excludes halogenated alkanes) is 1. The molecule has 1 fully saturated rings. The lowest BCUT2D eigenvalue weighted by Gasteiger charge is -2.44. The third kappa shape index (κ3) is 5.44. The van der Waals surface area contributed by atoms with Crippen molar-refractivity contribution >= 4 is 17.6 Å². The third-order valence-electron chi connectivity index (χ3n) is 6.10. The largest absolute Gasteiger partial charge is 0.481 e.